The molecule has 0 unspecified atom stereocenters. The van der Waals surface area contributed by atoms with Crippen LogP contribution >= 0.6 is 0 Å². The predicted molar refractivity (Wildman–Crippen MR) is 331 cm³/mol. The Hall–Kier alpha value is -11.5. The van der Waals surface area contributed by atoms with Gasteiger partial charge in [-0.25, -0.2) is 24.9 Å². The van der Waals surface area contributed by atoms with Crippen molar-refractivity contribution in [2.45, 2.75) is 25.7 Å². The van der Waals surface area contributed by atoms with Crippen LogP contribution in [0.3, 0.4) is 0 Å². The van der Waals surface area contributed by atoms with Gasteiger partial charge < -0.3 is 94.6 Å². The number of fused-ring (bicyclic) bond motifs is 1. The summed E-state index contributed by atoms with van der Waals surface area (Å²) in [5.41, 5.74) is 3.32. The van der Waals surface area contributed by atoms with Gasteiger partial charge in [0.2, 0.25) is 11.7 Å². The molecule has 9 aromatic rings. The first-order valence-electron chi connectivity index (χ1n) is 27.8. The lowest BCUT2D eigenvalue weighted by Crippen LogP contribution is -2.73. The van der Waals surface area contributed by atoms with E-state index in [9.17, 15) is 49.2 Å². The highest BCUT2D eigenvalue weighted by molar-refractivity contribution is 6.09. The molecule has 89 heavy (non-hydrogen) atoms. The minimum Gasteiger partial charge on any atom is -0.505 e. The van der Waals surface area contributed by atoms with E-state index in [4.69, 9.17) is 0 Å². The molecule has 0 spiro atoms. The van der Waals surface area contributed by atoms with E-state index in [0.717, 1.165) is 13.0 Å². The number of nitrogens with one attached hydrogen (secondary N) is 9. The van der Waals surface area contributed by atoms with Gasteiger partial charge in [0.25, 0.3) is 35.4 Å². The summed E-state index contributed by atoms with van der Waals surface area (Å²) in [6.07, 6.45) is 13.8. The van der Waals surface area contributed by atoms with Crippen LogP contribution in [0.1, 0.15) is 94.3 Å². The summed E-state index contributed by atoms with van der Waals surface area (Å²) >= 11 is 0. The van der Waals surface area contributed by atoms with Gasteiger partial charge in [-0.1, -0.05) is 0 Å². The average Bonchev–Trinajstić information content (AvgIpc) is 1.89. The number of hydrogen-bond donors (Lipinski definition) is 13. The number of carbonyl (C=O) groups excluding carboxylic acids is 6. The lowest BCUT2D eigenvalue weighted by molar-refractivity contribution is -0.468. The van der Waals surface area contributed by atoms with Gasteiger partial charge in [0, 0.05) is 118 Å². The highest BCUT2D eigenvalue weighted by Crippen LogP contribution is 2.31. The fourth-order valence-corrected chi connectivity index (χ4v) is 9.52. The molecule has 0 aliphatic heterocycles. The van der Waals surface area contributed by atoms with Crippen LogP contribution in [0, 0.1) is 0 Å². The van der Waals surface area contributed by atoms with Gasteiger partial charge in [-0.05, 0) is 63.0 Å². The van der Waals surface area contributed by atoms with Crippen LogP contribution in [-0.2, 0) is 42.3 Å². The van der Waals surface area contributed by atoms with E-state index in [1.165, 1.54) is 77.8 Å². The van der Waals surface area contributed by atoms with Gasteiger partial charge in [-0.3, -0.25) is 28.8 Å². The first-order chi connectivity index (χ1) is 42.5. The number of aryl methyl sites for hydroxylation is 6. The molecule has 31 nitrogen and oxygen atoms in total. The van der Waals surface area contributed by atoms with E-state index < -0.39 is 35.4 Å². The number of aromatic nitrogens is 11. The number of aliphatic hydroxyl groups is 3. The third kappa shape index (κ3) is 15.0. The van der Waals surface area contributed by atoms with Crippen molar-refractivity contribution in [2.24, 2.45) is 52.3 Å². The van der Waals surface area contributed by atoms with Gasteiger partial charge >= 0.3 is 5.90 Å². The second-order valence-electron chi connectivity index (χ2n) is 21.2. The molecule has 0 radical (unpaired) electrons. The van der Waals surface area contributed by atoms with Gasteiger partial charge in [-0.15, -0.1) is 0 Å². The van der Waals surface area contributed by atoms with Crippen LogP contribution in [0.4, 0.5) is 34.3 Å². The Morgan fingerprint density at radius 1 is 0.596 bits per heavy atom. The molecule has 31 heteroatoms. The summed E-state index contributed by atoms with van der Waals surface area (Å²) < 4.78 is 9.08. The number of rotatable bonds is 25. The zero-order valence-electron chi connectivity index (χ0n) is 49.9. The van der Waals surface area contributed by atoms with E-state index >= 15 is 0 Å². The first kappa shape index (κ1) is 62.0. The van der Waals surface area contributed by atoms with Gasteiger partial charge in [0.1, 0.15) is 40.5 Å². The lowest BCUT2D eigenvalue weighted by atomic mass is 10.1. The Morgan fingerprint density at radius 3 is 1.67 bits per heavy atom. The van der Waals surface area contributed by atoms with Crippen LogP contribution in [-0.4, -0.2) is 171 Å². The molecule has 0 saturated carbocycles. The van der Waals surface area contributed by atoms with Crippen molar-refractivity contribution in [3.05, 3.63) is 132 Å². The maximum atomic E-state index is 13.5. The fraction of sp³-hybridized carbons (Fsp3) is 0.276. The van der Waals surface area contributed by atoms with Crippen molar-refractivity contribution in [1.82, 2.24) is 67.9 Å². The predicted octanol–water partition coefficient (Wildman–Crippen LogP) is 3.64. The Balaban J connectivity index is 0.712. The fourth-order valence-electron chi connectivity index (χ4n) is 9.52. The molecule has 0 fully saturated rings. The van der Waals surface area contributed by atoms with E-state index in [2.05, 4.69) is 71.8 Å². The summed E-state index contributed by atoms with van der Waals surface area (Å²) in [7, 11) is 13.7. The minimum atomic E-state index is -0.628. The van der Waals surface area contributed by atoms with Crippen molar-refractivity contribution < 1.29 is 54.2 Å². The molecule has 0 bridgehead atoms. The maximum Gasteiger partial charge on any atom is 0.333 e. The Labute approximate surface area is 507 Å². The number of benzene rings is 1. The number of aromatic hydroxyl groups is 1. The molecule has 0 saturated heterocycles. The number of amides is 6. The monoisotopic (exact) mass is 1220 g/mol. The normalized spacial score (nSPS) is 12.0. The SMILES string of the molecule is CN(C)CCC[NH+]=C(O)CCNC(=O)c1cc(NC(=O)c2cc(NC(=O)c3cc(NC(=O)c4nc(N=C(O)CCCNC(=O)c5cc(NC(=O)c6cc(N=C(O)c7ccc8[nH]c(-c9ncc[nH]9)nc8c7O)cn6C)cn5C)cn4C)cn3C)cn2C)cn1C. The molecule has 8 aromatic heterocycles. The van der Waals surface area contributed by atoms with Crippen LogP contribution in [0.5, 0.6) is 5.75 Å². The Kier molecular flexibility index (Phi) is 18.7. The summed E-state index contributed by atoms with van der Waals surface area (Å²) in [4.78, 5) is 112. The summed E-state index contributed by atoms with van der Waals surface area (Å²) in [5.74, 6) is -3.20. The number of aliphatic hydroxyl groups excluding tert-OH is 3. The molecule has 0 atom stereocenters. The number of phenolic OH excluding ortho intramolecular Hbond substituents is 1. The lowest BCUT2D eigenvalue weighted by Gasteiger charge is -2.05. The Bertz CT molecular complexity index is 4230. The van der Waals surface area contributed by atoms with Crippen molar-refractivity contribution in [1.29, 1.82) is 0 Å². The molecule has 1 aromatic carbocycles. The minimum absolute atomic E-state index is 0.0189. The van der Waals surface area contributed by atoms with Gasteiger partial charge in [0.15, 0.2) is 29.1 Å². The molecule has 13 N–H and O–H groups in total. The molecular weight excluding hydrogens is 1150 g/mol. The number of nitrogens with zero attached hydrogens (tertiary/aromatic N) is 12. The van der Waals surface area contributed by atoms with E-state index in [-0.39, 0.29) is 118 Å². The van der Waals surface area contributed by atoms with Crippen LogP contribution in [0.2, 0.25) is 0 Å². The summed E-state index contributed by atoms with van der Waals surface area (Å²) in [6.45, 7) is 1.82. The third-order valence-electron chi connectivity index (χ3n) is 14.0. The Morgan fingerprint density at radius 2 is 1.12 bits per heavy atom. The number of carbonyl (C=O) groups is 6. The number of aliphatic imine (C=N–C) groups is 2. The smallest absolute Gasteiger partial charge is 0.333 e. The highest BCUT2D eigenvalue weighted by Gasteiger charge is 2.23. The van der Waals surface area contributed by atoms with Crippen LogP contribution in [0.25, 0.3) is 22.7 Å². The maximum absolute atomic E-state index is 13.5. The standard InChI is InChI=1S/C58H67N21O10/c1-73(2)20-10-16-59-45(80)14-17-63-54(85)40-22-34(28-75(40)4)66-56(87)42-24-35(29-77(42)6)67-57(88)43-25-36(30-78(43)7)68-58(89)51-71-44(31-79(51)8)70-46(81)11-9-15-62-53(84)39-21-33(27-74(39)3)65-55(86)41-23-32(26-76(41)5)64-52(83)37-12-13-38-47(48(37)82)72-50(69-38)49-60-18-19-61-49/h12-13,18-19,21-31,82H,9-11,14-17,20H2,1-8H3,(H,59,80)(H,60,61)(H,62,84)(H,63,85)(H,64,83)(H,65,86)(H,66,87)(H,67,88)(H,68,89)(H,69,72)(H,70,81)/p+1. The third-order valence-corrected chi connectivity index (χ3v) is 14.0. The molecule has 0 aliphatic carbocycles. The number of aromatic amines is 2. The zero-order valence-corrected chi connectivity index (χ0v) is 49.9. The van der Waals surface area contributed by atoms with Crippen LogP contribution < -0.4 is 36.9 Å². The van der Waals surface area contributed by atoms with Crippen molar-refractivity contribution >= 4 is 98.4 Å². The van der Waals surface area contributed by atoms with Gasteiger partial charge in [0.05, 0.1) is 52.1 Å². The van der Waals surface area contributed by atoms with E-state index in [0.29, 0.717) is 40.8 Å². The summed E-state index contributed by atoms with van der Waals surface area (Å²) in [6, 6.07) is 10.5. The quantitative estimate of drug-likeness (QED) is 0.0221. The zero-order chi connectivity index (χ0) is 63.8. The first-order valence-corrected chi connectivity index (χ1v) is 27.8. The molecule has 0 aliphatic rings. The topological polar surface area (TPSA) is 397 Å². The van der Waals surface area contributed by atoms with Crippen molar-refractivity contribution in [3.63, 3.8) is 0 Å². The van der Waals surface area contributed by atoms with Crippen molar-refractivity contribution in [2.75, 3.05) is 61.5 Å². The van der Waals surface area contributed by atoms with E-state index in [1.807, 2.05) is 19.0 Å². The van der Waals surface area contributed by atoms with Gasteiger partial charge in [-0.2, -0.15) is 4.99 Å². The largest absolute Gasteiger partial charge is 0.505 e. The number of phenols is 1. The number of hydrogen-bond acceptors (Lipinski definition) is 13. The number of imidazole rings is 3. The average molecular weight is 1220 g/mol. The highest BCUT2D eigenvalue weighted by atomic mass is 16.3. The molecule has 464 valence electrons. The van der Waals surface area contributed by atoms with E-state index in [1.54, 1.807) is 83.9 Å². The molecule has 6 amide bonds. The second kappa shape index (κ2) is 26.8. The summed E-state index contributed by atoms with van der Waals surface area (Å²) in [5, 5.41) is 59.3. The molecule has 8 heterocycles. The number of anilines is 4. The molecular formula is C58H68N21O10+. The van der Waals surface area contributed by atoms with Crippen molar-refractivity contribution in [3.8, 4) is 17.4 Å². The second-order valence-corrected chi connectivity index (χ2v) is 21.2. The molecule has 9 rings (SSSR count). The number of H-pyrrole nitrogens is 2. The van der Waals surface area contributed by atoms with Crippen LogP contribution in [0.15, 0.2) is 102 Å².